The average Bonchev–Trinajstić information content (AvgIpc) is 3.50. The van der Waals surface area contributed by atoms with Gasteiger partial charge in [-0.15, -0.1) is 0 Å². The molecule has 342 valence electrons. The number of ether oxygens (including phenoxy) is 1. The maximum Gasteiger partial charge on any atom is 0.262 e. The smallest absolute Gasteiger partial charge is 0.262 e. The summed E-state index contributed by atoms with van der Waals surface area (Å²) in [5.41, 5.74) is 4.77. The number of hydrogen-bond donors (Lipinski definition) is 3. The van der Waals surface area contributed by atoms with Crippen molar-refractivity contribution >= 4 is 79.6 Å². The molecule has 7 heterocycles. The second-order valence-corrected chi connectivity index (χ2v) is 21.2. The van der Waals surface area contributed by atoms with Gasteiger partial charge in [-0.25, -0.2) is 13.4 Å². The molecular formula is C47H54ClN9O7S. The summed E-state index contributed by atoms with van der Waals surface area (Å²) < 4.78 is 32.6. The van der Waals surface area contributed by atoms with Gasteiger partial charge in [-0.05, 0) is 108 Å². The number of benzene rings is 3. The monoisotopic (exact) mass is 923 g/mol. The van der Waals surface area contributed by atoms with E-state index in [-0.39, 0.29) is 40.6 Å². The van der Waals surface area contributed by atoms with Crippen molar-refractivity contribution in [2.75, 3.05) is 53.2 Å². The molecule has 4 aromatic rings. The second-order valence-electron chi connectivity index (χ2n) is 18.3. The van der Waals surface area contributed by atoms with Gasteiger partial charge in [0.1, 0.15) is 16.8 Å². The lowest BCUT2D eigenvalue weighted by molar-refractivity contribution is -0.136. The van der Waals surface area contributed by atoms with E-state index in [1.54, 1.807) is 50.2 Å². The largest absolute Gasteiger partial charge is 0.489 e. The molecule has 10 rings (SSSR count). The Balaban J connectivity index is 0.820. The Hall–Kier alpha value is -5.78. The highest BCUT2D eigenvalue weighted by Crippen LogP contribution is 2.41. The zero-order valence-electron chi connectivity index (χ0n) is 37.1. The molecular weight excluding hydrogens is 870 g/mol. The molecule has 3 atom stereocenters. The van der Waals surface area contributed by atoms with Crippen LogP contribution >= 0.6 is 11.6 Å². The summed E-state index contributed by atoms with van der Waals surface area (Å²) in [5.74, 6) is -0.245. The molecule has 5 fully saturated rings. The third kappa shape index (κ3) is 8.61. The molecule has 4 amide bonds. The Morgan fingerprint density at radius 1 is 0.892 bits per heavy atom. The molecule has 2 bridgehead atoms. The van der Waals surface area contributed by atoms with Crippen LogP contribution in [-0.4, -0.2) is 114 Å². The number of carbonyl (C=O) groups excluding carboxylic acids is 4. The van der Waals surface area contributed by atoms with E-state index in [0.29, 0.717) is 46.3 Å². The van der Waals surface area contributed by atoms with Crippen LogP contribution in [0, 0.1) is 12.8 Å². The SMILES string of the molecule is Cc1cc(Nc2ncc(Cl)c(Nc3ccccc3S(=O)(=O)C(C)C)n2)c(OC(C)C)cc1N1CCC(CN2CC3CC(C2)N3c2ccc3c(c2)C(=O)N(C2CCC(=O)NC2=O)C3=O)CC1. The van der Waals surface area contributed by atoms with Gasteiger partial charge in [-0.2, -0.15) is 4.98 Å². The fraction of sp³-hybridized carbons (Fsp3) is 0.447. The highest BCUT2D eigenvalue weighted by atomic mass is 35.5. The lowest BCUT2D eigenvalue weighted by Gasteiger charge is -2.58. The Labute approximate surface area is 384 Å². The fourth-order valence-corrected chi connectivity index (χ4v) is 11.3. The minimum Gasteiger partial charge on any atom is -0.489 e. The number of hydrogen-bond acceptors (Lipinski definition) is 14. The highest BCUT2D eigenvalue weighted by molar-refractivity contribution is 7.92. The van der Waals surface area contributed by atoms with Crippen LogP contribution in [0.4, 0.5) is 34.5 Å². The predicted molar refractivity (Wildman–Crippen MR) is 248 cm³/mol. The van der Waals surface area contributed by atoms with Crippen molar-refractivity contribution in [3.63, 3.8) is 0 Å². The first-order chi connectivity index (χ1) is 31.0. The maximum absolute atomic E-state index is 13.5. The number of para-hydroxylation sites is 1. The van der Waals surface area contributed by atoms with Crippen molar-refractivity contribution < 1.29 is 32.3 Å². The minimum atomic E-state index is -3.58. The first-order valence-corrected chi connectivity index (χ1v) is 24.3. The highest BCUT2D eigenvalue weighted by Gasteiger charge is 2.48. The first-order valence-electron chi connectivity index (χ1n) is 22.4. The Morgan fingerprint density at radius 2 is 1.62 bits per heavy atom. The number of aromatic nitrogens is 2. The van der Waals surface area contributed by atoms with Crippen LogP contribution in [-0.2, 0) is 19.4 Å². The van der Waals surface area contributed by atoms with Crippen LogP contribution in [0.1, 0.15) is 86.1 Å². The van der Waals surface area contributed by atoms with E-state index >= 15 is 0 Å². The topological polar surface area (TPSA) is 186 Å². The number of carbonyl (C=O) groups is 4. The van der Waals surface area contributed by atoms with E-state index < -0.39 is 44.8 Å². The molecule has 0 spiro atoms. The fourth-order valence-electron chi connectivity index (χ4n) is 9.91. The van der Waals surface area contributed by atoms with E-state index in [1.165, 1.54) is 6.20 Å². The van der Waals surface area contributed by atoms with Gasteiger partial charge in [-0.1, -0.05) is 23.7 Å². The van der Waals surface area contributed by atoms with E-state index in [4.69, 9.17) is 16.3 Å². The number of amides is 4. The molecule has 3 N–H and O–H groups in total. The van der Waals surface area contributed by atoms with Gasteiger partial charge in [0.05, 0.1) is 44.9 Å². The summed E-state index contributed by atoms with van der Waals surface area (Å²) in [6.07, 6.45) is 4.77. The van der Waals surface area contributed by atoms with Crippen LogP contribution in [0.5, 0.6) is 5.75 Å². The van der Waals surface area contributed by atoms with Crippen molar-refractivity contribution in [1.29, 1.82) is 0 Å². The van der Waals surface area contributed by atoms with Crippen LogP contribution in [0.15, 0.2) is 65.7 Å². The molecule has 6 aliphatic heterocycles. The molecule has 5 saturated heterocycles. The summed E-state index contributed by atoms with van der Waals surface area (Å²) in [5, 5.41) is 8.32. The standard InChI is InChI=1S/C47H54ClN9O7S/c1-26(2)64-40-21-39(28(5)18-37(40)51-47-49-22-35(48)43(53-47)50-36-8-6-7-9-41(36)65(62,63)27(3)4)55-16-14-29(15-17-55)23-54-24-31-19-32(25-54)56(31)30-10-11-33-34(20-30)46(61)57(45(33)60)38-12-13-42(58)52-44(38)59/h6-11,18,20-22,26-27,29,31-32,38H,12-17,19,23-25H2,1-5H3,(H,52,58,59)(H2,49,50,51,53). The molecule has 0 saturated carbocycles. The molecule has 16 nitrogen and oxygen atoms in total. The third-order valence-electron chi connectivity index (χ3n) is 13.2. The molecule has 3 unspecified atom stereocenters. The zero-order valence-corrected chi connectivity index (χ0v) is 38.7. The number of nitrogens with one attached hydrogen (secondary N) is 3. The Bertz CT molecular complexity index is 2680. The number of anilines is 6. The Morgan fingerprint density at radius 3 is 2.32 bits per heavy atom. The van der Waals surface area contributed by atoms with Gasteiger partial charge in [0.25, 0.3) is 11.8 Å². The number of sulfone groups is 1. The van der Waals surface area contributed by atoms with Crippen LogP contribution < -0.4 is 30.5 Å². The molecule has 1 aromatic heterocycles. The molecule has 0 radical (unpaired) electrons. The van der Waals surface area contributed by atoms with Gasteiger partial charge in [-0.3, -0.25) is 34.3 Å². The number of halogens is 1. The zero-order chi connectivity index (χ0) is 45.9. The van der Waals surface area contributed by atoms with E-state index in [9.17, 15) is 27.6 Å². The summed E-state index contributed by atoms with van der Waals surface area (Å²) in [4.78, 5) is 68.6. The average molecular weight is 925 g/mol. The van der Waals surface area contributed by atoms with Gasteiger partial charge in [0.2, 0.25) is 17.8 Å². The normalized spacial score (nSPS) is 21.5. The predicted octanol–water partition coefficient (Wildman–Crippen LogP) is 6.48. The number of imide groups is 2. The quantitative estimate of drug-likeness (QED) is 0.124. The Kier molecular flexibility index (Phi) is 12.0. The number of piperazine rings is 1. The lowest BCUT2D eigenvalue weighted by Crippen LogP contribution is -2.69. The first kappa shape index (κ1) is 44.4. The number of nitrogens with zero attached hydrogens (tertiary/aromatic N) is 6. The summed E-state index contributed by atoms with van der Waals surface area (Å²) in [6.45, 7) is 14.0. The van der Waals surface area contributed by atoms with E-state index in [1.807, 2.05) is 26.0 Å². The summed E-state index contributed by atoms with van der Waals surface area (Å²) in [7, 11) is -3.58. The molecule has 18 heteroatoms. The van der Waals surface area contributed by atoms with Crippen molar-refractivity contribution in [1.82, 2.24) is 25.1 Å². The number of aryl methyl sites for hydroxylation is 1. The summed E-state index contributed by atoms with van der Waals surface area (Å²) in [6, 6.07) is 15.9. The number of fused-ring (bicyclic) bond motifs is 3. The van der Waals surface area contributed by atoms with E-state index in [2.05, 4.69) is 53.6 Å². The van der Waals surface area contributed by atoms with Crippen LogP contribution in [0.3, 0.4) is 0 Å². The molecule has 0 aliphatic carbocycles. The van der Waals surface area contributed by atoms with Crippen molar-refractivity contribution in [2.45, 2.75) is 101 Å². The van der Waals surface area contributed by atoms with Crippen LogP contribution in [0.2, 0.25) is 5.02 Å². The third-order valence-corrected chi connectivity index (χ3v) is 15.7. The van der Waals surface area contributed by atoms with Crippen LogP contribution in [0.25, 0.3) is 0 Å². The van der Waals surface area contributed by atoms with Gasteiger partial charge < -0.3 is 25.2 Å². The van der Waals surface area contributed by atoms with Gasteiger partial charge in [0.15, 0.2) is 15.7 Å². The van der Waals surface area contributed by atoms with Crippen molar-refractivity contribution in [3.05, 3.63) is 82.5 Å². The van der Waals surface area contributed by atoms with Gasteiger partial charge in [0, 0.05) is 68.7 Å². The maximum atomic E-state index is 13.5. The lowest BCUT2D eigenvalue weighted by atomic mass is 9.85. The number of piperidine rings is 3. The van der Waals surface area contributed by atoms with Crippen molar-refractivity contribution in [2.24, 2.45) is 5.92 Å². The van der Waals surface area contributed by atoms with E-state index in [0.717, 1.165) is 73.8 Å². The molecule has 65 heavy (non-hydrogen) atoms. The van der Waals surface area contributed by atoms with Crippen molar-refractivity contribution in [3.8, 4) is 5.75 Å². The second kappa shape index (κ2) is 17.5. The summed E-state index contributed by atoms with van der Waals surface area (Å²) >= 11 is 6.53. The molecule has 6 aliphatic rings. The van der Waals surface area contributed by atoms with Gasteiger partial charge >= 0.3 is 0 Å². The minimum absolute atomic E-state index is 0.0859. The molecule has 3 aromatic carbocycles. The number of rotatable bonds is 13.